The normalized spacial score (nSPS) is 13.7. The number of hydrogen-bond donors (Lipinski definition) is 1. The third kappa shape index (κ3) is 2.40. The summed E-state index contributed by atoms with van der Waals surface area (Å²) < 4.78 is 0. The lowest BCUT2D eigenvalue weighted by Gasteiger charge is -2.22. The molecule has 1 atom stereocenters. The molecule has 1 nitrogen and oxygen atoms in total. The van der Waals surface area contributed by atoms with Crippen molar-refractivity contribution < 1.29 is 0 Å². The van der Waals surface area contributed by atoms with Crippen LogP contribution in [-0.4, -0.2) is 0 Å². The Bertz CT molecular complexity index is 811. The molecule has 0 fully saturated rings. The topological polar surface area (TPSA) is 12.0 Å². The molecule has 0 bridgehead atoms. The van der Waals surface area contributed by atoms with E-state index in [-0.39, 0.29) is 0 Å². The molecule has 1 aliphatic heterocycles. The van der Waals surface area contributed by atoms with Crippen molar-refractivity contribution in [3.05, 3.63) is 83.9 Å². The van der Waals surface area contributed by atoms with Crippen molar-refractivity contribution in [1.82, 2.24) is 0 Å². The van der Waals surface area contributed by atoms with Gasteiger partial charge in [-0.05, 0) is 35.4 Å². The molecule has 108 valence electrons. The molecule has 22 heavy (non-hydrogen) atoms. The minimum Gasteiger partial charge on any atom is -0.354 e. The van der Waals surface area contributed by atoms with Gasteiger partial charge in [-0.2, -0.15) is 0 Å². The molecule has 1 unspecified atom stereocenters. The molecule has 4 rings (SSSR count). The lowest BCUT2D eigenvalue weighted by atomic mass is 9.93. The molecular weight excluding hydrogens is 286 g/mol. The molecule has 0 aromatic heterocycles. The van der Waals surface area contributed by atoms with Crippen LogP contribution in [0.1, 0.15) is 24.0 Å². The van der Waals surface area contributed by atoms with Gasteiger partial charge in [0.15, 0.2) is 0 Å². The van der Waals surface area contributed by atoms with Crippen LogP contribution in [0.2, 0.25) is 0 Å². The molecule has 1 heterocycles. The summed E-state index contributed by atoms with van der Waals surface area (Å²) in [6.45, 7) is 2.27. The molecular formula is C20H17NS. The summed E-state index contributed by atoms with van der Waals surface area (Å²) in [4.78, 5) is 2.60. The van der Waals surface area contributed by atoms with Crippen LogP contribution >= 0.6 is 11.8 Å². The van der Waals surface area contributed by atoms with Crippen LogP contribution in [0, 0.1) is 0 Å². The number of para-hydroxylation sites is 1. The van der Waals surface area contributed by atoms with E-state index in [9.17, 15) is 0 Å². The second kappa shape index (κ2) is 5.54. The van der Waals surface area contributed by atoms with E-state index in [1.54, 1.807) is 0 Å². The van der Waals surface area contributed by atoms with Crippen LogP contribution < -0.4 is 5.32 Å². The standard InChI is InChI=1S/C20H17NS/c1-14(15-7-3-2-4-8-15)16-11-12-18-20(13-16)22-19-10-6-5-9-17(19)21-18/h2-14,21H,1H3. The quantitative estimate of drug-likeness (QED) is 0.484. The molecule has 1 N–H and O–H groups in total. The highest BCUT2D eigenvalue weighted by Crippen LogP contribution is 2.45. The van der Waals surface area contributed by atoms with Crippen molar-refractivity contribution in [3.63, 3.8) is 0 Å². The van der Waals surface area contributed by atoms with Crippen LogP contribution in [0.15, 0.2) is 82.6 Å². The summed E-state index contributed by atoms with van der Waals surface area (Å²) in [7, 11) is 0. The SMILES string of the molecule is CC(c1ccccc1)c1ccc2c(c1)Sc1ccccc1N2. The molecule has 3 aromatic carbocycles. The number of fused-ring (bicyclic) bond motifs is 2. The van der Waals surface area contributed by atoms with Gasteiger partial charge in [-0.3, -0.25) is 0 Å². The van der Waals surface area contributed by atoms with Gasteiger partial charge in [0.1, 0.15) is 0 Å². The van der Waals surface area contributed by atoms with E-state index in [4.69, 9.17) is 0 Å². The third-order valence-electron chi connectivity index (χ3n) is 4.18. The number of anilines is 2. The smallest absolute Gasteiger partial charge is 0.0526 e. The second-order valence-corrected chi connectivity index (χ2v) is 6.69. The van der Waals surface area contributed by atoms with E-state index in [2.05, 4.69) is 85.0 Å². The number of nitrogens with one attached hydrogen (secondary N) is 1. The third-order valence-corrected chi connectivity index (χ3v) is 5.32. The Labute approximate surface area is 135 Å². The average molecular weight is 303 g/mol. The van der Waals surface area contributed by atoms with Crippen molar-refractivity contribution in [2.75, 3.05) is 5.32 Å². The molecule has 0 saturated carbocycles. The molecule has 3 aromatic rings. The van der Waals surface area contributed by atoms with Gasteiger partial charge in [-0.25, -0.2) is 0 Å². The van der Waals surface area contributed by atoms with Crippen molar-refractivity contribution >= 4 is 23.1 Å². The Hall–Kier alpha value is -2.19. The Balaban J connectivity index is 1.69. The van der Waals surface area contributed by atoms with Crippen LogP contribution in [0.3, 0.4) is 0 Å². The summed E-state index contributed by atoms with van der Waals surface area (Å²) in [6, 6.07) is 25.9. The van der Waals surface area contributed by atoms with Crippen LogP contribution in [-0.2, 0) is 0 Å². The molecule has 0 saturated heterocycles. The van der Waals surface area contributed by atoms with E-state index >= 15 is 0 Å². The fraction of sp³-hybridized carbons (Fsp3) is 0.100. The largest absolute Gasteiger partial charge is 0.354 e. The first-order valence-electron chi connectivity index (χ1n) is 7.54. The zero-order chi connectivity index (χ0) is 14.9. The summed E-state index contributed by atoms with van der Waals surface area (Å²) in [5, 5.41) is 3.53. The van der Waals surface area contributed by atoms with Gasteiger partial charge in [0.25, 0.3) is 0 Å². The molecule has 1 aliphatic rings. The maximum atomic E-state index is 3.53. The van der Waals surface area contributed by atoms with Crippen LogP contribution in [0.5, 0.6) is 0 Å². The number of benzene rings is 3. The Morgan fingerprint density at radius 3 is 2.32 bits per heavy atom. The van der Waals surface area contributed by atoms with Crippen molar-refractivity contribution in [2.24, 2.45) is 0 Å². The molecule has 0 amide bonds. The Morgan fingerprint density at radius 2 is 1.45 bits per heavy atom. The zero-order valence-corrected chi connectivity index (χ0v) is 13.2. The van der Waals surface area contributed by atoms with E-state index in [0.717, 1.165) is 0 Å². The van der Waals surface area contributed by atoms with Crippen LogP contribution in [0.4, 0.5) is 11.4 Å². The maximum Gasteiger partial charge on any atom is 0.0526 e. The van der Waals surface area contributed by atoms with Crippen LogP contribution in [0.25, 0.3) is 0 Å². The highest BCUT2D eigenvalue weighted by atomic mass is 32.2. The predicted molar refractivity (Wildman–Crippen MR) is 94.2 cm³/mol. The van der Waals surface area contributed by atoms with Crippen molar-refractivity contribution in [2.45, 2.75) is 22.6 Å². The van der Waals surface area contributed by atoms with E-state index in [0.29, 0.717) is 5.92 Å². The van der Waals surface area contributed by atoms with E-state index in [1.165, 1.54) is 32.3 Å². The predicted octanol–water partition coefficient (Wildman–Crippen LogP) is 6.05. The van der Waals surface area contributed by atoms with Gasteiger partial charge in [-0.15, -0.1) is 0 Å². The van der Waals surface area contributed by atoms with Crippen molar-refractivity contribution in [1.29, 1.82) is 0 Å². The molecule has 0 aliphatic carbocycles. The minimum atomic E-state index is 0.407. The molecule has 0 spiro atoms. The second-order valence-electron chi connectivity index (χ2n) is 5.61. The number of rotatable bonds is 2. The zero-order valence-electron chi connectivity index (χ0n) is 12.4. The van der Waals surface area contributed by atoms with E-state index < -0.39 is 0 Å². The highest BCUT2D eigenvalue weighted by Gasteiger charge is 2.17. The molecule has 2 heteroatoms. The minimum absolute atomic E-state index is 0.407. The summed E-state index contributed by atoms with van der Waals surface area (Å²) in [5.74, 6) is 0.407. The van der Waals surface area contributed by atoms with Gasteiger partial charge in [0.2, 0.25) is 0 Å². The first-order chi connectivity index (χ1) is 10.8. The summed E-state index contributed by atoms with van der Waals surface area (Å²) in [6.07, 6.45) is 0. The van der Waals surface area contributed by atoms with Gasteiger partial charge < -0.3 is 5.32 Å². The summed E-state index contributed by atoms with van der Waals surface area (Å²) in [5.41, 5.74) is 5.12. The highest BCUT2D eigenvalue weighted by molar-refractivity contribution is 7.99. The Morgan fingerprint density at radius 1 is 0.727 bits per heavy atom. The van der Waals surface area contributed by atoms with E-state index in [1.807, 2.05) is 11.8 Å². The Kier molecular flexibility index (Phi) is 3.39. The lowest BCUT2D eigenvalue weighted by molar-refractivity contribution is 0.917. The average Bonchev–Trinajstić information content (AvgIpc) is 2.59. The fourth-order valence-corrected chi connectivity index (χ4v) is 3.89. The van der Waals surface area contributed by atoms with Gasteiger partial charge >= 0.3 is 0 Å². The van der Waals surface area contributed by atoms with Gasteiger partial charge in [0, 0.05) is 15.7 Å². The maximum absolute atomic E-state index is 3.53. The monoisotopic (exact) mass is 303 g/mol. The first kappa shape index (κ1) is 13.5. The fourth-order valence-electron chi connectivity index (χ4n) is 2.85. The summed E-state index contributed by atoms with van der Waals surface area (Å²) >= 11 is 1.85. The lowest BCUT2D eigenvalue weighted by Crippen LogP contribution is -2.02. The van der Waals surface area contributed by atoms with Gasteiger partial charge in [-0.1, -0.05) is 67.2 Å². The number of hydrogen-bond acceptors (Lipinski definition) is 2. The van der Waals surface area contributed by atoms with Crippen molar-refractivity contribution in [3.8, 4) is 0 Å². The first-order valence-corrected chi connectivity index (χ1v) is 8.36. The van der Waals surface area contributed by atoms with Gasteiger partial charge in [0.05, 0.1) is 11.4 Å². The molecule has 0 radical (unpaired) electrons.